The number of esters is 1. The first-order chi connectivity index (χ1) is 10.1. The molecule has 0 radical (unpaired) electrons. The van der Waals surface area contributed by atoms with Crippen molar-refractivity contribution in [1.29, 1.82) is 0 Å². The van der Waals surface area contributed by atoms with Crippen molar-refractivity contribution in [3.05, 3.63) is 49.6 Å². The normalized spacial score (nSPS) is 8.90. The Morgan fingerprint density at radius 1 is 1.52 bits per heavy atom. The second-order valence-electron chi connectivity index (χ2n) is 3.19. The second-order valence-corrected chi connectivity index (χ2v) is 3.19. The summed E-state index contributed by atoms with van der Waals surface area (Å²) < 4.78 is 18.8. The van der Waals surface area contributed by atoms with Crippen LogP contribution in [-0.4, -0.2) is 27.2 Å². The number of nitrogens with two attached hydrogens (primary N) is 1. The molecule has 0 saturated heterocycles. The van der Waals surface area contributed by atoms with Crippen LogP contribution in [0.15, 0.2) is 38.2 Å². The summed E-state index contributed by atoms with van der Waals surface area (Å²) in [7, 11) is 0. The average molecular weight is 294 g/mol. The largest absolute Gasteiger partial charge is 0.458 e. The van der Waals surface area contributed by atoms with E-state index >= 15 is 0 Å². The Bertz CT molecular complexity index is 610. The number of aromatic nitrogens is 3. The van der Waals surface area contributed by atoms with Crippen molar-refractivity contribution in [3.63, 3.8) is 0 Å². The van der Waals surface area contributed by atoms with E-state index in [0.717, 1.165) is 16.9 Å². The number of fused-ring (bicyclic) bond motifs is 1. The molecule has 2 heterocycles. The molecule has 0 amide bonds. The highest BCUT2D eigenvalue weighted by atomic mass is 19.1. The van der Waals surface area contributed by atoms with E-state index in [2.05, 4.69) is 29.8 Å². The predicted molar refractivity (Wildman–Crippen MR) is 80.4 cm³/mol. The van der Waals surface area contributed by atoms with Gasteiger partial charge in [-0.15, -0.1) is 18.3 Å². The monoisotopic (exact) mass is 294 g/mol. The second kappa shape index (κ2) is 9.24. The van der Waals surface area contributed by atoms with Gasteiger partial charge in [-0.2, -0.15) is 0 Å². The van der Waals surface area contributed by atoms with Gasteiger partial charge in [-0.1, -0.05) is 26.5 Å². The number of halogens is 1. The standard InChI is InChI=1S/C10H9FN4O2.C2H6.C2H4/c1-2-3-17-10(16)7-8(12)14-15-5-6(11)4-13-9(7)15;2*1-2/h2,4-5H,1,3H2,(H2,12,14);1-2H3;1-2H2. The van der Waals surface area contributed by atoms with Crippen LogP contribution in [0.4, 0.5) is 10.2 Å². The van der Waals surface area contributed by atoms with Crippen LogP contribution < -0.4 is 5.73 Å². The summed E-state index contributed by atoms with van der Waals surface area (Å²) in [5, 5.41) is 3.77. The summed E-state index contributed by atoms with van der Waals surface area (Å²) >= 11 is 0. The molecule has 2 aromatic rings. The van der Waals surface area contributed by atoms with Crippen LogP contribution in [0.2, 0.25) is 0 Å². The maximum Gasteiger partial charge on any atom is 0.346 e. The summed E-state index contributed by atoms with van der Waals surface area (Å²) in [5.41, 5.74) is 5.73. The van der Waals surface area contributed by atoms with E-state index in [1.807, 2.05) is 13.8 Å². The van der Waals surface area contributed by atoms with Crippen molar-refractivity contribution in [2.45, 2.75) is 13.8 Å². The number of ether oxygens (including phenoxy) is 1. The summed E-state index contributed by atoms with van der Waals surface area (Å²) in [6.45, 7) is 13.5. The van der Waals surface area contributed by atoms with Gasteiger partial charge >= 0.3 is 5.97 Å². The molecule has 0 fully saturated rings. The Balaban J connectivity index is 0.000000921. The quantitative estimate of drug-likeness (QED) is 0.695. The fourth-order valence-electron chi connectivity index (χ4n) is 1.33. The van der Waals surface area contributed by atoms with E-state index in [1.54, 1.807) is 0 Å². The minimum absolute atomic E-state index is 0.0202. The molecular formula is C14H19FN4O2. The highest BCUT2D eigenvalue weighted by Crippen LogP contribution is 2.17. The zero-order valence-corrected chi connectivity index (χ0v) is 12.2. The number of carbonyl (C=O) groups is 1. The van der Waals surface area contributed by atoms with Crippen LogP contribution in [0.3, 0.4) is 0 Å². The molecule has 0 saturated carbocycles. The molecule has 0 unspecified atom stereocenters. The van der Waals surface area contributed by atoms with Gasteiger partial charge in [0.25, 0.3) is 0 Å². The molecule has 2 rings (SSSR count). The molecule has 2 aromatic heterocycles. The third-order valence-corrected chi connectivity index (χ3v) is 2.00. The van der Waals surface area contributed by atoms with Crippen LogP contribution in [0.25, 0.3) is 5.65 Å². The number of rotatable bonds is 3. The number of hydrogen-bond acceptors (Lipinski definition) is 5. The lowest BCUT2D eigenvalue weighted by Crippen LogP contribution is -2.07. The number of nitrogens with zero attached hydrogens (tertiary/aromatic N) is 3. The summed E-state index contributed by atoms with van der Waals surface area (Å²) in [6, 6.07) is 0. The van der Waals surface area contributed by atoms with Gasteiger partial charge in [-0.25, -0.2) is 18.7 Å². The highest BCUT2D eigenvalue weighted by Gasteiger charge is 2.20. The van der Waals surface area contributed by atoms with Crippen molar-refractivity contribution >= 4 is 17.4 Å². The predicted octanol–water partition coefficient (Wildman–Crippen LogP) is 2.62. The maximum atomic E-state index is 12.9. The van der Waals surface area contributed by atoms with Crippen molar-refractivity contribution in [1.82, 2.24) is 14.6 Å². The van der Waals surface area contributed by atoms with E-state index in [1.165, 1.54) is 6.08 Å². The first-order valence-electron chi connectivity index (χ1n) is 6.21. The van der Waals surface area contributed by atoms with E-state index in [0.29, 0.717) is 0 Å². The van der Waals surface area contributed by atoms with E-state index < -0.39 is 11.8 Å². The summed E-state index contributed by atoms with van der Waals surface area (Å²) in [5.74, 6) is -1.31. The van der Waals surface area contributed by atoms with Crippen LogP contribution in [0.5, 0.6) is 0 Å². The van der Waals surface area contributed by atoms with Crippen LogP contribution in [0.1, 0.15) is 24.2 Å². The zero-order valence-electron chi connectivity index (χ0n) is 12.2. The molecule has 0 bridgehead atoms. The maximum absolute atomic E-state index is 12.9. The van der Waals surface area contributed by atoms with Gasteiger partial charge in [0, 0.05) is 0 Å². The van der Waals surface area contributed by atoms with Gasteiger partial charge in [0.05, 0.1) is 12.4 Å². The van der Waals surface area contributed by atoms with Gasteiger partial charge in [-0.3, -0.25) is 0 Å². The van der Waals surface area contributed by atoms with Gasteiger partial charge in [0.15, 0.2) is 17.3 Å². The van der Waals surface area contributed by atoms with Crippen molar-refractivity contribution in [3.8, 4) is 0 Å². The molecule has 114 valence electrons. The molecular weight excluding hydrogens is 275 g/mol. The fourth-order valence-corrected chi connectivity index (χ4v) is 1.33. The van der Waals surface area contributed by atoms with Gasteiger partial charge in [0.2, 0.25) is 0 Å². The smallest absolute Gasteiger partial charge is 0.346 e. The lowest BCUT2D eigenvalue weighted by molar-refractivity contribution is 0.0553. The molecule has 2 N–H and O–H groups in total. The zero-order chi connectivity index (χ0) is 16.4. The van der Waals surface area contributed by atoms with Crippen LogP contribution in [0, 0.1) is 5.82 Å². The Morgan fingerprint density at radius 3 is 2.71 bits per heavy atom. The first kappa shape index (κ1) is 18.3. The van der Waals surface area contributed by atoms with Crippen LogP contribution >= 0.6 is 0 Å². The molecule has 0 aliphatic carbocycles. The Morgan fingerprint density at radius 2 is 2.14 bits per heavy atom. The number of anilines is 1. The van der Waals surface area contributed by atoms with Crippen LogP contribution in [-0.2, 0) is 4.74 Å². The Hall–Kier alpha value is -2.70. The fraction of sp³-hybridized carbons (Fsp3) is 0.214. The molecule has 7 heteroatoms. The molecule has 0 aromatic carbocycles. The van der Waals surface area contributed by atoms with Crippen molar-refractivity contribution in [2.75, 3.05) is 12.3 Å². The first-order valence-corrected chi connectivity index (χ1v) is 6.21. The minimum atomic E-state index is -0.670. The van der Waals surface area contributed by atoms with Gasteiger partial charge in [0.1, 0.15) is 12.2 Å². The molecule has 0 atom stereocenters. The molecule has 0 aliphatic rings. The van der Waals surface area contributed by atoms with Gasteiger partial charge in [-0.05, 0) is 0 Å². The van der Waals surface area contributed by atoms with Crippen molar-refractivity contribution < 1.29 is 13.9 Å². The third-order valence-electron chi connectivity index (χ3n) is 2.00. The van der Waals surface area contributed by atoms with Gasteiger partial charge < -0.3 is 10.5 Å². The van der Waals surface area contributed by atoms with E-state index in [9.17, 15) is 9.18 Å². The average Bonchev–Trinajstić information content (AvgIpc) is 2.84. The Kier molecular flexibility index (Phi) is 8.05. The lowest BCUT2D eigenvalue weighted by atomic mass is 10.3. The number of hydrogen-bond donors (Lipinski definition) is 1. The highest BCUT2D eigenvalue weighted by molar-refractivity contribution is 6.00. The Labute approximate surface area is 122 Å². The number of carbonyl (C=O) groups excluding carboxylic acids is 1. The molecule has 21 heavy (non-hydrogen) atoms. The lowest BCUT2D eigenvalue weighted by Gasteiger charge is -1.99. The minimum Gasteiger partial charge on any atom is -0.458 e. The van der Waals surface area contributed by atoms with E-state index in [4.69, 9.17) is 10.5 Å². The number of nitrogen functional groups attached to an aromatic ring is 1. The molecule has 6 nitrogen and oxygen atoms in total. The third kappa shape index (κ3) is 4.41. The van der Waals surface area contributed by atoms with E-state index in [-0.39, 0.29) is 23.6 Å². The van der Waals surface area contributed by atoms with Crippen molar-refractivity contribution in [2.24, 2.45) is 0 Å². The summed E-state index contributed by atoms with van der Waals surface area (Å²) in [4.78, 5) is 15.4. The molecule has 0 spiro atoms. The molecule has 0 aliphatic heterocycles. The topological polar surface area (TPSA) is 82.5 Å². The SMILES string of the molecule is C=C.C=CCOC(=O)c1c(N)nn2cc(F)cnc12.CC. The summed E-state index contributed by atoms with van der Waals surface area (Å²) in [6.07, 6.45) is 3.47.